The maximum Gasteiger partial charge on any atom is 0.222 e. The van der Waals surface area contributed by atoms with Crippen molar-refractivity contribution in [1.82, 2.24) is 4.90 Å². The Morgan fingerprint density at radius 3 is 2.38 bits per heavy atom. The summed E-state index contributed by atoms with van der Waals surface area (Å²) < 4.78 is 6.08. The molecule has 112 valence electrons. The molecule has 1 amide bonds. The molecule has 0 spiro atoms. The zero-order chi connectivity index (χ0) is 14.2. The average molecular weight is 285 g/mol. The second-order valence-electron chi connectivity index (χ2n) is 6.99. The van der Waals surface area contributed by atoms with E-state index in [1.807, 2.05) is 30.3 Å². The summed E-state index contributed by atoms with van der Waals surface area (Å²) in [7, 11) is 0. The van der Waals surface area contributed by atoms with Crippen LogP contribution in [0.15, 0.2) is 30.3 Å². The lowest BCUT2D eigenvalue weighted by molar-refractivity contribution is -0.130. The number of hydrogen-bond acceptors (Lipinski definition) is 2. The first-order chi connectivity index (χ1) is 10.3. The van der Waals surface area contributed by atoms with Crippen LogP contribution in [0.2, 0.25) is 0 Å². The molecule has 1 aliphatic heterocycles. The smallest absolute Gasteiger partial charge is 0.222 e. The zero-order valence-corrected chi connectivity index (χ0v) is 12.4. The number of para-hydroxylation sites is 1. The summed E-state index contributed by atoms with van der Waals surface area (Å²) in [5.41, 5.74) is 0. The number of carbonyl (C=O) groups excluding carboxylic acids is 1. The van der Waals surface area contributed by atoms with Gasteiger partial charge < -0.3 is 9.64 Å². The second-order valence-corrected chi connectivity index (χ2v) is 6.99. The van der Waals surface area contributed by atoms with E-state index in [0.29, 0.717) is 29.8 Å². The lowest BCUT2D eigenvalue weighted by Crippen LogP contribution is -2.31. The molecule has 2 aliphatic carbocycles. The summed E-state index contributed by atoms with van der Waals surface area (Å²) in [4.78, 5) is 14.3. The SMILES string of the molecule is O=C(CC1CC1)N1C[C@H]2CC(Oc3ccccc3)C[C@H]2C1. The molecule has 3 heteroatoms. The number of ether oxygens (including phenoxy) is 1. The molecule has 1 aromatic rings. The lowest BCUT2D eigenvalue weighted by atomic mass is 10.0. The highest BCUT2D eigenvalue weighted by atomic mass is 16.5. The molecule has 3 nitrogen and oxygen atoms in total. The Morgan fingerprint density at radius 2 is 1.76 bits per heavy atom. The molecule has 21 heavy (non-hydrogen) atoms. The van der Waals surface area contributed by atoms with Gasteiger partial charge in [-0.3, -0.25) is 4.79 Å². The van der Waals surface area contributed by atoms with Crippen molar-refractivity contribution in [2.24, 2.45) is 17.8 Å². The fraction of sp³-hybridized carbons (Fsp3) is 0.611. The molecular weight excluding hydrogens is 262 g/mol. The van der Waals surface area contributed by atoms with Crippen molar-refractivity contribution < 1.29 is 9.53 Å². The van der Waals surface area contributed by atoms with E-state index in [2.05, 4.69) is 4.90 Å². The third kappa shape index (κ3) is 2.92. The Balaban J connectivity index is 1.30. The Morgan fingerprint density at radius 1 is 1.10 bits per heavy atom. The lowest BCUT2D eigenvalue weighted by Gasteiger charge is -2.20. The van der Waals surface area contributed by atoms with Crippen LogP contribution in [0, 0.1) is 17.8 Å². The van der Waals surface area contributed by atoms with Gasteiger partial charge in [0.1, 0.15) is 5.75 Å². The first kappa shape index (κ1) is 13.2. The molecule has 1 saturated heterocycles. The molecule has 0 bridgehead atoms. The van der Waals surface area contributed by atoms with Crippen molar-refractivity contribution in [2.45, 2.75) is 38.2 Å². The van der Waals surface area contributed by atoms with Crippen molar-refractivity contribution in [1.29, 1.82) is 0 Å². The molecule has 0 N–H and O–H groups in total. The molecule has 1 heterocycles. The molecule has 0 radical (unpaired) electrons. The normalized spacial score (nSPS) is 31.2. The highest BCUT2D eigenvalue weighted by Crippen LogP contribution is 2.41. The largest absolute Gasteiger partial charge is 0.490 e. The van der Waals surface area contributed by atoms with E-state index in [9.17, 15) is 4.79 Å². The molecule has 4 rings (SSSR count). The highest BCUT2D eigenvalue weighted by molar-refractivity contribution is 5.77. The third-order valence-corrected chi connectivity index (χ3v) is 5.27. The summed E-state index contributed by atoms with van der Waals surface area (Å²) in [6.07, 6.45) is 5.87. The maximum atomic E-state index is 12.2. The predicted octanol–water partition coefficient (Wildman–Crippen LogP) is 3.10. The molecule has 0 aromatic heterocycles. The quantitative estimate of drug-likeness (QED) is 0.850. The van der Waals surface area contributed by atoms with Crippen LogP contribution in [-0.2, 0) is 4.79 Å². The first-order valence-electron chi connectivity index (χ1n) is 8.27. The van der Waals surface area contributed by atoms with Crippen molar-refractivity contribution in [3.8, 4) is 5.75 Å². The molecule has 3 fully saturated rings. The van der Waals surface area contributed by atoms with Gasteiger partial charge in [0.15, 0.2) is 0 Å². The van der Waals surface area contributed by atoms with Gasteiger partial charge in [-0.25, -0.2) is 0 Å². The second kappa shape index (κ2) is 5.36. The van der Waals surface area contributed by atoms with Gasteiger partial charge in [-0.1, -0.05) is 18.2 Å². The molecule has 2 saturated carbocycles. The van der Waals surface area contributed by atoms with Crippen LogP contribution in [0.5, 0.6) is 5.75 Å². The Bertz CT molecular complexity index is 497. The molecule has 3 aliphatic rings. The summed E-state index contributed by atoms with van der Waals surface area (Å²) >= 11 is 0. The van der Waals surface area contributed by atoms with Crippen LogP contribution in [0.1, 0.15) is 32.1 Å². The number of amides is 1. The van der Waals surface area contributed by atoms with Gasteiger partial charge in [0.2, 0.25) is 5.91 Å². The summed E-state index contributed by atoms with van der Waals surface area (Å²) in [5.74, 6) is 3.38. The number of nitrogens with zero attached hydrogens (tertiary/aromatic N) is 1. The van der Waals surface area contributed by atoms with E-state index in [0.717, 1.165) is 38.1 Å². The number of carbonyl (C=O) groups is 1. The van der Waals surface area contributed by atoms with Crippen LogP contribution in [0.25, 0.3) is 0 Å². The van der Waals surface area contributed by atoms with Gasteiger partial charge in [0.05, 0.1) is 6.10 Å². The van der Waals surface area contributed by atoms with E-state index < -0.39 is 0 Å². The van der Waals surface area contributed by atoms with Crippen LogP contribution in [0.4, 0.5) is 0 Å². The first-order valence-corrected chi connectivity index (χ1v) is 8.27. The summed E-state index contributed by atoms with van der Waals surface area (Å²) in [6.45, 7) is 1.93. The van der Waals surface area contributed by atoms with E-state index >= 15 is 0 Å². The fourth-order valence-electron chi connectivity index (χ4n) is 3.93. The van der Waals surface area contributed by atoms with Gasteiger partial charge in [-0.2, -0.15) is 0 Å². The Hall–Kier alpha value is -1.51. The summed E-state index contributed by atoms with van der Waals surface area (Å²) in [6, 6.07) is 10.1. The van der Waals surface area contributed by atoms with Crippen LogP contribution in [-0.4, -0.2) is 30.0 Å². The minimum absolute atomic E-state index is 0.336. The van der Waals surface area contributed by atoms with Crippen molar-refractivity contribution >= 4 is 5.91 Å². The van der Waals surface area contributed by atoms with E-state index in [-0.39, 0.29) is 0 Å². The van der Waals surface area contributed by atoms with Crippen LogP contribution >= 0.6 is 0 Å². The van der Waals surface area contributed by atoms with E-state index in [4.69, 9.17) is 4.74 Å². The molecule has 1 unspecified atom stereocenters. The van der Waals surface area contributed by atoms with Gasteiger partial charge in [0.25, 0.3) is 0 Å². The predicted molar refractivity (Wildman–Crippen MR) is 81.0 cm³/mol. The Kier molecular flexibility index (Phi) is 3.36. The standard InChI is InChI=1S/C18H23NO2/c20-18(8-13-6-7-13)19-11-14-9-17(10-15(14)12-19)21-16-4-2-1-3-5-16/h1-5,13-15,17H,6-12H2/t14-,15+,17?. The van der Waals surface area contributed by atoms with E-state index in [1.54, 1.807) is 0 Å². The molecule has 1 aromatic carbocycles. The van der Waals surface area contributed by atoms with Crippen molar-refractivity contribution in [2.75, 3.05) is 13.1 Å². The number of rotatable bonds is 4. The number of hydrogen-bond donors (Lipinski definition) is 0. The van der Waals surface area contributed by atoms with Gasteiger partial charge >= 0.3 is 0 Å². The summed E-state index contributed by atoms with van der Waals surface area (Å²) in [5, 5.41) is 0. The van der Waals surface area contributed by atoms with Crippen molar-refractivity contribution in [3.63, 3.8) is 0 Å². The van der Waals surface area contributed by atoms with Crippen molar-refractivity contribution in [3.05, 3.63) is 30.3 Å². The average Bonchev–Trinajstić information content (AvgIpc) is 3.07. The number of likely N-dealkylation sites (tertiary alicyclic amines) is 1. The van der Waals surface area contributed by atoms with Gasteiger partial charge in [0, 0.05) is 19.5 Å². The topological polar surface area (TPSA) is 29.5 Å². The Labute approximate surface area is 126 Å². The molecular formula is C18H23NO2. The van der Waals surface area contributed by atoms with Crippen LogP contribution < -0.4 is 4.74 Å². The third-order valence-electron chi connectivity index (χ3n) is 5.27. The highest BCUT2D eigenvalue weighted by Gasteiger charge is 2.43. The monoisotopic (exact) mass is 285 g/mol. The van der Waals surface area contributed by atoms with E-state index in [1.165, 1.54) is 12.8 Å². The molecule has 3 atom stereocenters. The zero-order valence-electron chi connectivity index (χ0n) is 12.4. The maximum absolute atomic E-state index is 12.2. The fourth-order valence-corrected chi connectivity index (χ4v) is 3.93. The number of fused-ring (bicyclic) bond motifs is 1. The van der Waals surface area contributed by atoms with Gasteiger partial charge in [-0.05, 0) is 55.6 Å². The van der Waals surface area contributed by atoms with Gasteiger partial charge in [-0.15, -0.1) is 0 Å². The number of benzene rings is 1. The van der Waals surface area contributed by atoms with Crippen LogP contribution in [0.3, 0.4) is 0 Å². The minimum atomic E-state index is 0.336. The minimum Gasteiger partial charge on any atom is -0.490 e.